The highest BCUT2D eigenvalue weighted by atomic mass is 16.8. The van der Waals surface area contributed by atoms with Gasteiger partial charge in [0.1, 0.15) is 73.2 Å². The molecule has 0 aromatic heterocycles. The quantitative estimate of drug-likeness (QED) is 0.0313. The Morgan fingerprint density at radius 2 is 0.886 bits per heavy atom. The number of carbonyl (C=O) groups excluding carboxylic acids is 1. The van der Waals surface area contributed by atoms with Crippen molar-refractivity contribution in [2.45, 2.75) is 279 Å². The number of allylic oxidation sites excluding steroid dienone is 1. The molecule has 0 aliphatic carbocycles. The normalized spacial score (nSPS) is 32.6. The second-order valence-corrected chi connectivity index (χ2v) is 19.7. The number of rotatable bonds is 38. The molecule has 0 saturated carbocycles. The number of aliphatic hydroxyl groups excluding tert-OH is 11. The molecular weight excluding hydrogens is 915 g/mol. The number of amides is 1. The molecule has 0 aromatic carbocycles. The summed E-state index contributed by atoms with van der Waals surface area (Å²) in [6, 6.07) is -0.963. The van der Waals surface area contributed by atoms with Crippen LogP contribution in [-0.2, 0) is 33.2 Å². The van der Waals surface area contributed by atoms with E-state index in [-0.39, 0.29) is 18.9 Å². The summed E-state index contributed by atoms with van der Waals surface area (Å²) in [5.74, 6) is -0.278. The van der Waals surface area contributed by atoms with Crippen LogP contribution in [0.15, 0.2) is 12.2 Å². The van der Waals surface area contributed by atoms with Crippen LogP contribution in [0.2, 0.25) is 0 Å². The van der Waals surface area contributed by atoms with E-state index in [1.807, 2.05) is 6.08 Å². The third-order valence-corrected chi connectivity index (χ3v) is 13.8. The van der Waals surface area contributed by atoms with Crippen LogP contribution in [-0.4, -0.2) is 193 Å². The van der Waals surface area contributed by atoms with Crippen LogP contribution in [0, 0.1) is 0 Å². The van der Waals surface area contributed by atoms with E-state index in [1.165, 1.54) is 96.3 Å². The van der Waals surface area contributed by atoms with Gasteiger partial charge >= 0.3 is 0 Å². The van der Waals surface area contributed by atoms with Gasteiger partial charge in [0.25, 0.3) is 0 Å². The van der Waals surface area contributed by atoms with Crippen molar-refractivity contribution in [1.29, 1.82) is 0 Å². The first-order valence-corrected chi connectivity index (χ1v) is 26.9. The Morgan fingerprint density at radius 1 is 0.500 bits per heavy atom. The molecule has 412 valence electrons. The molecular formula is C51H95NO18. The average molecular weight is 1010 g/mol. The van der Waals surface area contributed by atoms with E-state index in [9.17, 15) is 61.0 Å². The Labute approximate surface area is 416 Å². The lowest BCUT2D eigenvalue weighted by molar-refractivity contribution is -0.379. The number of aliphatic hydroxyl groups is 11. The molecule has 0 spiro atoms. The molecule has 19 heteroatoms. The molecule has 17 unspecified atom stereocenters. The summed E-state index contributed by atoms with van der Waals surface area (Å²) in [6.07, 6.45) is 5.20. The first-order chi connectivity index (χ1) is 33.8. The van der Waals surface area contributed by atoms with E-state index < -0.39 is 124 Å². The first-order valence-electron chi connectivity index (χ1n) is 26.9. The minimum Gasteiger partial charge on any atom is -0.394 e. The molecule has 19 nitrogen and oxygen atoms in total. The maximum atomic E-state index is 13.2. The number of ether oxygens (including phenoxy) is 6. The minimum absolute atomic E-state index is 0.248. The van der Waals surface area contributed by atoms with Crippen molar-refractivity contribution in [3.63, 3.8) is 0 Å². The predicted molar refractivity (Wildman–Crippen MR) is 259 cm³/mol. The third kappa shape index (κ3) is 21.8. The van der Waals surface area contributed by atoms with Gasteiger partial charge in [0.05, 0.1) is 38.6 Å². The first kappa shape index (κ1) is 62.8. The molecule has 3 aliphatic rings. The summed E-state index contributed by atoms with van der Waals surface area (Å²) in [7, 11) is 0. The van der Waals surface area contributed by atoms with Crippen molar-refractivity contribution in [1.82, 2.24) is 5.32 Å². The molecule has 0 radical (unpaired) electrons. The van der Waals surface area contributed by atoms with Gasteiger partial charge in [-0.2, -0.15) is 0 Å². The van der Waals surface area contributed by atoms with E-state index in [0.29, 0.717) is 6.42 Å². The zero-order valence-electron chi connectivity index (χ0n) is 42.3. The Hall–Kier alpha value is -1.47. The summed E-state index contributed by atoms with van der Waals surface area (Å²) in [5.41, 5.74) is 0. The Bertz CT molecular complexity index is 1350. The molecule has 1 amide bonds. The molecule has 3 aliphatic heterocycles. The topological polar surface area (TPSA) is 307 Å². The van der Waals surface area contributed by atoms with Gasteiger partial charge in [-0.25, -0.2) is 0 Å². The largest absolute Gasteiger partial charge is 0.394 e. The fraction of sp³-hybridized carbons (Fsp3) is 0.941. The van der Waals surface area contributed by atoms with Crippen LogP contribution in [0.1, 0.15) is 174 Å². The molecule has 3 heterocycles. The van der Waals surface area contributed by atoms with Crippen LogP contribution >= 0.6 is 0 Å². The maximum absolute atomic E-state index is 13.2. The molecule has 0 bridgehead atoms. The van der Waals surface area contributed by atoms with Gasteiger partial charge in [-0.3, -0.25) is 4.79 Å². The van der Waals surface area contributed by atoms with Gasteiger partial charge in [-0.05, 0) is 19.3 Å². The highest BCUT2D eigenvalue weighted by molar-refractivity contribution is 5.76. The summed E-state index contributed by atoms with van der Waals surface area (Å²) < 4.78 is 34.1. The smallest absolute Gasteiger partial charge is 0.220 e. The monoisotopic (exact) mass is 1010 g/mol. The van der Waals surface area contributed by atoms with Gasteiger partial charge in [0.15, 0.2) is 18.9 Å². The van der Waals surface area contributed by atoms with Gasteiger partial charge < -0.3 is 89.9 Å². The fourth-order valence-corrected chi connectivity index (χ4v) is 9.31. The molecule has 12 N–H and O–H groups in total. The molecule has 3 rings (SSSR count). The Kier molecular flexibility index (Phi) is 32.7. The van der Waals surface area contributed by atoms with Crippen molar-refractivity contribution < 1.29 is 89.4 Å². The standard InChI is InChI=1S/C51H95NO18/c1-3-5-7-9-11-13-14-15-16-17-18-19-20-21-23-25-27-29-39(57)52-34(35(56)28-26-24-22-12-10-8-6-4-2)33-65-49-45(63)42(60)47(37(31-54)67-49)70-51-46(64)43(61)48(38(32-55)68-51)69-50-44(62)41(59)40(58)36(30-53)66-50/h26,28,34-38,40-51,53-56,58-64H,3-25,27,29-33H2,1-2H3,(H,52,57)/b28-26+. The van der Waals surface area contributed by atoms with Crippen molar-refractivity contribution in [2.24, 2.45) is 0 Å². The number of carbonyl (C=O) groups is 1. The van der Waals surface area contributed by atoms with Gasteiger partial charge in [-0.1, -0.05) is 161 Å². The van der Waals surface area contributed by atoms with Gasteiger partial charge in [0.2, 0.25) is 5.91 Å². The SMILES string of the molecule is CCCCCCCC/C=C/C(O)C(COC1OC(CO)C(OC2OC(CO)C(OC3OC(CO)C(O)C(O)C3O)C(O)C2O)C(O)C1O)NC(=O)CCCCCCCCCCCCCCCCCCC. The Balaban J connectivity index is 1.51. The summed E-state index contributed by atoms with van der Waals surface area (Å²) in [4.78, 5) is 13.2. The zero-order chi connectivity index (χ0) is 51.3. The molecule has 70 heavy (non-hydrogen) atoms. The van der Waals surface area contributed by atoms with E-state index in [4.69, 9.17) is 28.4 Å². The molecule has 3 fully saturated rings. The second kappa shape index (κ2) is 36.5. The van der Waals surface area contributed by atoms with E-state index in [0.717, 1.165) is 51.4 Å². The lowest BCUT2D eigenvalue weighted by Crippen LogP contribution is -2.66. The summed E-state index contributed by atoms with van der Waals surface area (Å²) in [5, 5.41) is 119. The molecule has 0 aromatic rings. The number of hydrogen-bond acceptors (Lipinski definition) is 18. The number of nitrogens with one attached hydrogen (secondary N) is 1. The van der Waals surface area contributed by atoms with Crippen LogP contribution in [0.25, 0.3) is 0 Å². The van der Waals surface area contributed by atoms with Crippen LogP contribution in [0.4, 0.5) is 0 Å². The van der Waals surface area contributed by atoms with Crippen LogP contribution < -0.4 is 5.32 Å². The van der Waals surface area contributed by atoms with Crippen molar-refractivity contribution in [3.05, 3.63) is 12.2 Å². The zero-order valence-corrected chi connectivity index (χ0v) is 42.3. The van der Waals surface area contributed by atoms with Crippen LogP contribution in [0.5, 0.6) is 0 Å². The molecule has 3 saturated heterocycles. The maximum Gasteiger partial charge on any atom is 0.220 e. The van der Waals surface area contributed by atoms with E-state index in [1.54, 1.807) is 6.08 Å². The predicted octanol–water partition coefficient (Wildman–Crippen LogP) is 2.65. The van der Waals surface area contributed by atoms with Crippen molar-refractivity contribution >= 4 is 5.91 Å². The number of hydrogen-bond donors (Lipinski definition) is 12. The lowest BCUT2D eigenvalue weighted by atomic mass is 9.96. The highest BCUT2D eigenvalue weighted by Gasteiger charge is 2.53. The Morgan fingerprint density at radius 3 is 1.34 bits per heavy atom. The van der Waals surface area contributed by atoms with Gasteiger partial charge in [0, 0.05) is 6.42 Å². The van der Waals surface area contributed by atoms with Gasteiger partial charge in [-0.15, -0.1) is 0 Å². The highest BCUT2D eigenvalue weighted by Crippen LogP contribution is 2.33. The fourth-order valence-electron chi connectivity index (χ4n) is 9.31. The van der Waals surface area contributed by atoms with Crippen LogP contribution in [0.3, 0.4) is 0 Å². The minimum atomic E-state index is -1.97. The van der Waals surface area contributed by atoms with E-state index in [2.05, 4.69) is 19.2 Å². The number of unbranched alkanes of at least 4 members (excludes halogenated alkanes) is 22. The van der Waals surface area contributed by atoms with Crippen molar-refractivity contribution in [2.75, 3.05) is 26.4 Å². The second-order valence-electron chi connectivity index (χ2n) is 19.7. The van der Waals surface area contributed by atoms with Crippen molar-refractivity contribution in [3.8, 4) is 0 Å². The third-order valence-electron chi connectivity index (χ3n) is 13.8. The summed E-state index contributed by atoms with van der Waals surface area (Å²) >= 11 is 0. The molecule has 17 atom stereocenters. The van der Waals surface area contributed by atoms with E-state index >= 15 is 0 Å². The average Bonchev–Trinajstić information content (AvgIpc) is 3.35. The summed E-state index contributed by atoms with van der Waals surface area (Å²) in [6.45, 7) is 1.65. The lowest BCUT2D eigenvalue weighted by Gasteiger charge is -2.48.